The van der Waals surface area contributed by atoms with E-state index in [0.29, 0.717) is 19.0 Å². The Bertz CT molecular complexity index is 578. The minimum atomic E-state index is -0.556. The summed E-state index contributed by atoms with van der Waals surface area (Å²) in [6, 6.07) is 4.96. The average molecular weight is 249 g/mol. The molecule has 18 heavy (non-hydrogen) atoms. The lowest BCUT2D eigenvalue weighted by Gasteiger charge is -2.06. The maximum absolute atomic E-state index is 10.6. The van der Waals surface area contributed by atoms with Gasteiger partial charge in [-0.25, -0.2) is 9.78 Å². The van der Waals surface area contributed by atoms with Gasteiger partial charge in [-0.1, -0.05) is 0 Å². The number of hydrogen-bond donors (Lipinski definition) is 3. The zero-order valence-corrected chi connectivity index (χ0v) is 10.0. The van der Waals surface area contributed by atoms with Crippen LogP contribution in [0.5, 0.6) is 5.75 Å². The fourth-order valence-electron chi connectivity index (χ4n) is 1.78. The molecule has 2 aromatic rings. The Morgan fingerprint density at radius 1 is 1.56 bits per heavy atom. The van der Waals surface area contributed by atoms with Crippen molar-refractivity contribution >= 4 is 23.0 Å². The summed E-state index contributed by atoms with van der Waals surface area (Å²) in [4.78, 5) is 14.8. The van der Waals surface area contributed by atoms with Gasteiger partial charge in [0.25, 0.3) is 0 Å². The van der Waals surface area contributed by atoms with Crippen LogP contribution in [-0.4, -0.2) is 29.2 Å². The molecule has 0 saturated carbocycles. The Hall–Kier alpha value is -2.44. The Balaban J connectivity index is 2.27. The van der Waals surface area contributed by atoms with Crippen molar-refractivity contribution in [3.8, 4) is 5.75 Å². The zero-order chi connectivity index (χ0) is 13.1. The zero-order valence-electron chi connectivity index (χ0n) is 10.0. The lowest BCUT2D eigenvalue weighted by Crippen LogP contribution is -2.32. The van der Waals surface area contributed by atoms with Crippen LogP contribution in [-0.2, 0) is 6.54 Å². The molecule has 2 rings (SSSR count). The van der Waals surface area contributed by atoms with Gasteiger partial charge in [0.05, 0.1) is 18.1 Å². The van der Waals surface area contributed by atoms with E-state index in [2.05, 4.69) is 10.3 Å². The molecule has 2 amide bonds. The molecule has 1 aromatic heterocycles. The summed E-state index contributed by atoms with van der Waals surface area (Å²) in [5.41, 5.74) is 12.5. The van der Waals surface area contributed by atoms with Crippen molar-refractivity contribution in [1.29, 1.82) is 0 Å². The van der Waals surface area contributed by atoms with Crippen LogP contribution in [0.25, 0.3) is 11.0 Å². The van der Waals surface area contributed by atoms with Gasteiger partial charge in [-0.2, -0.15) is 0 Å². The van der Waals surface area contributed by atoms with Gasteiger partial charge in [0.15, 0.2) is 0 Å². The summed E-state index contributed by atoms with van der Waals surface area (Å²) in [7, 11) is 1.60. The number of aromatic nitrogens is 2. The monoisotopic (exact) mass is 249 g/mol. The number of hydrogen-bond acceptors (Lipinski definition) is 4. The van der Waals surface area contributed by atoms with Crippen LogP contribution in [0.1, 0.15) is 0 Å². The molecule has 5 N–H and O–H groups in total. The third kappa shape index (κ3) is 2.29. The van der Waals surface area contributed by atoms with Gasteiger partial charge in [0.1, 0.15) is 5.75 Å². The molecule has 0 atom stereocenters. The largest absolute Gasteiger partial charge is 0.497 e. The predicted molar refractivity (Wildman–Crippen MR) is 68.3 cm³/mol. The SMILES string of the molecule is COc1ccc2c(c1)nc(N)n2CCNC(N)=O. The second-order valence-electron chi connectivity index (χ2n) is 3.77. The van der Waals surface area contributed by atoms with E-state index in [-0.39, 0.29) is 0 Å². The minimum Gasteiger partial charge on any atom is -0.497 e. The molecule has 1 heterocycles. The van der Waals surface area contributed by atoms with Gasteiger partial charge in [0, 0.05) is 19.2 Å². The van der Waals surface area contributed by atoms with Crippen molar-refractivity contribution in [1.82, 2.24) is 14.9 Å². The van der Waals surface area contributed by atoms with Gasteiger partial charge in [0.2, 0.25) is 5.95 Å². The van der Waals surface area contributed by atoms with Crippen LogP contribution in [0.4, 0.5) is 10.7 Å². The van der Waals surface area contributed by atoms with Gasteiger partial charge < -0.3 is 26.1 Å². The first-order valence-corrected chi connectivity index (χ1v) is 5.45. The summed E-state index contributed by atoms with van der Waals surface area (Å²) in [5.74, 6) is 1.12. The van der Waals surface area contributed by atoms with Crippen LogP contribution in [0.15, 0.2) is 18.2 Å². The number of nitrogens with two attached hydrogens (primary N) is 2. The molecule has 0 aliphatic rings. The molecular formula is C11H15N5O2. The predicted octanol–water partition coefficient (Wildman–Crippen LogP) is 0.295. The van der Waals surface area contributed by atoms with Crippen LogP contribution in [0, 0.1) is 0 Å². The van der Waals surface area contributed by atoms with Gasteiger partial charge in [-0.05, 0) is 12.1 Å². The lowest BCUT2D eigenvalue weighted by molar-refractivity contribution is 0.248. The number of nitrogen functional groups attached to an aromatic ring is 1. The standard InChI is InChI=1S/C11H15N5O2/c1-18-7-2-3-9-8(6-7)15-10(12)16(9)5-4-14-11(13)17/h2-3,6H,4-5H2,1H3,(H2,12,15)(H3,13,14,17). The molecule has 7 heteroatoms. The van der Waals surface area contributed by atoms with Gasteiger partial charge in [-0.3, -0.25) is 0 Å². The summed E-state index contributed by atoms with van der Waals surface area (Å²) in [6.45, 7) is 0.911. The molecule has 1 aromatic carbocycles. The van der Waals surface area contributed by atoms with Crippen molar-refractivity contribution in [2.24, 2.45) is 5.73 Å². The maximum Gasteiger partial charge on any atom is 0.312 e. The van der Waals surface area contributed by atoms with E-state index < -0.39 is 6.03 Å². The maximum atomic E-state index is 10.6. The third-order valence-corrected chi connectivity index (χ3v) is 2.62. The molecule has 7 nitrogen and oxygen atoms in total. The molecule has 0 bridgehead atoms. The molecule has 96 valence electrons. The summed E-state index contributed by atoms with van der Waals surface area (Å²) in [6.07, 6.45) is 0. The van der Waals surface area contributed by atoms with E-state index in [4.69, 9.17) is 16.2 Å². The van der Waals surface area contributed by atoms with Gasteiger partial charge in [-0.15, -0.1) is 0 Å². The number of carbonyl (C=O) groups is 1. The molecule has 0 saturated heterocycles. The van der Waals surface area contributed by atoms with Crippen molar-refractivity contribution in [2.75, 3.05) is 19.4 Å². The van der Waals surface area contributed by atoms with Crippen LogP contribution in [0.2, 0.25) is 0 Å². The Morgan fingerprint density at radius 2 is 2.33 bits per heavy atom. The Morgan fingerprint density at radius 3 is 3.00 bits per heavy atom. The highest BCUT2D eigenvalue weighted by molar-refractivity contribution is 5.80. The Kier molecular flexibility index (Phi) is 3.22. The Labute approximate surface area is 104 Å². The number of urea groups is 1. The highest BCUT2D eigenvalue weighted by Gasteiger charge is 2.08. The fourth-order valence-corrected chi connectivity index (χ4v) is 1.78. The highest BCUT2D eigenvalue weighted by Crippen LogP contribution is 2.22. The van der Waals surface area contributed by atoms with Gasteiger partial charge >= 0.3 is 6.03 Å². The summed E-state index contributed by atoms with van der Waals surface area (Å²) >= 11 is 0. The molecule has 0 aliphatic heterocycles. The normalized spacial score (nSPS) is 10.5. The first-order chi connectivity index (χ1) is 8.61. The number of fused-ring (bicyclic) bond motifs is 1. The number of nitrogens with one attached hydrogen (secondary N) is 1. The molecule has 0 spiro atoms. The lowest BCUT2D eigenvalue weighted by atomic mass is 10.3. The molecule has 0 aliphatic carbocycles. The molecule has 0 unspecified atom stereocenters. The van der Waals surface area contributed by atoms with Crippen LogP contribution in [0.3, 0.4) is 0 Å². The van der Waals surface area contributed by atoms with E-state index >= 15 is 0 Å². The summed E-state index contributed by atoms with van der Waals surface area (Å²) < 4.78 is 6.93. The van der Waals surface area contributed by atoms with Crippen molar-refractivity contribution < 1.29 is 9.53 Å². The van der Waals surface area contributed by atoms with Crippen LogP contribution < -0.4 is 21.5 Å². The quantitative estimate of drug-likeness (QED) is 0.723. The molecule has 0 radical (unpaired) electrons. The third-order valence-electron chi connectivity index (χ3n) is 2.62. The van der Waals surface area contributed by atoms with E-state index in [9.17, 15) is 4.79 Å². The number of amides is 2. The number of rotatable bonds is 4. The number of methoxy groups -OCH3 is 1. The van der Waals surface area contributed by atoms with Crippen molar-refractivity contribution in [3.05, 3.63) is 18.2 Å². The number of anilines is 1. The average Bonchev–Trinajstić information content (AvgIpc) is 2.64. The van der Waals surface area contributed by atoms with Crippen LogP contribution >= 0.6 is 0 Å². The fraction of sp³-hybridized carbons (Fsp3) is 0.273. The first kappa shape index (κ1) is 12.0. The van der Waals surface area contributed by atoms with Crippen molar-refractivity contribution in [2.45, 2.75) is 6.54 Å². The number of nitrogens with zero attached hydrogens (tertiary/aromatic N) is 2. The van der Waals surface area contributed by atoms with E-state index in [1.807, 2.05) is 22.8 Å². The highest BCUT2D eigenvalue weighted by atomic mass is 16.5. The minimum absolute atomic E-state index is 0.393. The molecular weight excluding hydrogens is 234 g/mol. The number of benzene rings is 1. The van der Waals surface area contributed by atoms with E-state index in [1.54, 1.807) is 7.11 Å². The smallest absolute Gasteiger partial charge is 0.312 e. The molecule has 0 fully saturated rings. The number of imidazole rings is 1. The topological polar surface area (TPSA) is 108 Å². The number of primary amides is 1. The van der Waals surface area contributed by atoms with E-state index in [0.717, 1.165) is 16.8 Å². The van der Waals surface area contributed by atoms with E-state index in [1.165, 1.54) is 0 Å². The second kappa shape index (κ2) is 4.82. The first-order valence-electron chi connectivity index (χ1n) is 5.45. The summed E-state index contributed by atoms with van der Waals surface area (Å²) in [5, 5.41) is 2.51. The van der Waals surface area contributed by atoms with Crippen molar-refractivity contribution in [3.63, 3.8) is 0 Å². The number of ether oxygens (including phenoxy) is 1. The number of carbonyl (C=O) groups excluding carboxylic acids is 1. The second-order valence-corrected chi connectivity index (χ2v) is 3.77.